The molecule has 0 saturated heterocycles. The fourth-order valence-electron chi connectivity index (χ4n) is 2.87. The number of fused-ring (bicyclic) bond motifs is 1. The van der Waals surface area contributed by atoms with Crippen LogP contribution in [0.1, 0.15) is 20.8 Å². The fourth-order valence-corrected chi connectivity index (χ4v) is 3.00. The first kappa shape index (κ1) is 19.8. The first-order valence-electron chi connectivity index (χ1n) is 8.87. The van der Waals surface area contributed by atoms with Gasteiger partial charge in [0.2, 0.25) is 5.91 Å². The number of amides is 1. The molecule has 0 bridgehead atoms. The molecule has 1 aromatic carbocycles. The van der Waals surface area contributed by atoms with Gasteiger partial charge in [0.25, 0.3) is 5.56 Å². The Morgan fingerprint density at radius 3 is 2.46 bits per heavy atom. The minimum Gasteiger partial charge on any atom is -0.352 e. The van der Waals surface area contributed by atoms with E-state index in [-0.39, 0.29) is 23.6 Å². The Hall–Kier alpha value is -3.00. The van der Waals surface area contributed by atoms with Crippen LogP contribution < -0.4 is 16.6 Å². The molecule has 0 unspecified atom stereocenters. The second-order valence-corrected chi connectivity index (χ2v) is 7.01. The molecule has 1 amide bonds. The molecule has 0 aliphatic carbocycles. The highest BCUT2D eigenvalue weighted by Gasteiger charge is 2.17. The van der Waals surface area contributed by atoms with Gasteiger partial charge >= 0.3 is 5.69 Å². The third-order valence-electron chi connectivity index (χ3n) is 4.13. The van der Waals surface area contributed by atoms with E-state index in [1.165, 1.54) is 10.8 Å². The molecule has 0 atom stereocenters. The highest BCUT2D eigenvalue weighted by molar-refractivity contribution is 6.30. The van der Waals surface area contributed by atoms with Gasteiger partial charge in [0, 0.05) is 29.4 Å². The monoisotopic (exact) mass is 401 g/mol. The molecular weight excluding hydrogens is 382 g/mol. The number of nitrogens with one attached hydrogen (secondary N) is 1. The zero-order valence-corrected chi connectivity index (χ0v) is 16.5. The Morgan fingerprint density at radius 1 is 1.18 bits per heavy atom. The average molecular weight is 402 g/mol. The van der Waals surface area contributed by atoms with E-state index in [1.54, 1.807) is 45.0 Å². The van der Waals surface area contributed by atoms with Crippen LogP contribution in [0, 0.1) is 0 Å². The molecule has 2 heterocycles. The number of carbonyl (C=O) groups is 1. The Bertz CT molecular complexity index is 1150. The quantitative estimate of drug-likeness (QED) is 0.703. The molecule has 2 aromatic heterocycles. The average Bonchev–Trinajstić information content (AvgIpc) is 2.65. The number of rotatable bonds is 5. The summed E-state index contributed by atoms with van der Waals surface area (Å²) in [4.78, 5) is 46.4. The van der Waals surface area contributed by atoms with Crippen molar-refractivity contribution >= 4 is 28.5 Å². The topological polar surface area (TPSA) is 98.9 Å². The highest BCUT2D eigenvalue weighted by Crippen LogP contribution is 2.19. The number of benzene rings is 1. The SMILES string of the molecule is CCn1c(=O)n(CC(=O)NC(C)C)c(=O)c2cnc(-c3ccc(Cl)cc3)nc21. The van der Waals surface area contributed by atoms with E-state index >= 15 is 0 Å². The molecule has 0 spiro atoms. The van der Waals surface area contributed by atoms with Crippen molar-refractivity contribution in [1.29, 1.82) is 0 Å². The molecular formula is C19H20ClN5O3. The lowest BCUT2D eigenvalue weighted by atomic mass is 10.2. The van der Waals surface area contributed by atoms with E-state index in [4.69, 9.17) is 11.6 Å². The lowest BCUT2D eigenvalue weighted by Crippen LogP contribution is -2.45. The molecule has 0 aliphatic heterocycles. The highest BCUT2D eigenvalue weighted by atomic mass is 35.5. The summed E-state index contributed by atoms with van der Waals surface area (Å²) in [5.74, 6) is -0.0321. The number of aromatic nitrogens is 4. The maximum absolute atomic E-state index is 12.8. The van der Waals surface area contributed by atoms with E-state index in [0.717, 1.165) is 4.57 Å². The van der Waals surface area contributed by atoms with E-state index in [2.05, 4.69) is 15.3 Å². The summed E-state index contributed by atoms with van der Waals surface area (Å²) < 4.78 is 2.27. The maximum Gasteiger partial charge on any atom is 0.333 e. The minimum absolute atomic E-state index is 0.0951. The second-order valence-electron chi connectivity index (χ2n) is 6.58. The van der Waals surface area contributed by atoms with Gasteiger partial charge in [-0.2, -0.15) is 0 Å². The predicted octanol–water partition coefficient (Wildman–Crippen LogP) is 1.82. The molecule has 1 N–H and O–H groups in total. The molecule has 3 aromatic rings. The van der Waals surface area contributed by atoms with Crippen molar-refractivity contribution in [3.8, 4) is 11.4 Å². The fraction of sp³-hybridized carbons (Fsp3) is 0.316. The lowest BCUT2D eigenvalue weighted by Gasteiger charge is -2.13. The van der Waals surface area contributed by atoms with Gasteiger partial charge in [-0.1, -0.05) is 11.6 Å². The molecule has 3 rings (SSSR count). The molecule has 9 heteroatoms. The summed E-state index contributed by atoms with van der Waals surface area (Å²) in [5, 5.41) is 3.44. The normalized spacial score (nSPS) is 11.2. The lowest BCUT2D eigenvalue weighted by molar-refractivity contribution is -0.122. The van der Waals surface area contributed by atoms with Crippen LogP contribution in [0.5, 0.6) is 0 Å². The smallest absolute Gasteiger partial charge is 0.333 e. The van der Waals surface area contributed by atoms with Crippen molar-refractivity contribution < 1.29 is 4.79 Å². The van der Waals surface area contributed by atoms with Crippen molar-refractivity contribution in [2.75, 3.05) is 0 Å². The zero-order chi connectivity index (χ0) is 20.4. The summed E-state index contributed by atoms with van der Waals surface area (Å²) in [7, 11) is 0. The van der Waals surface area contributed by atoms with Gasteiger partial charge in [-0.3, -0.25) is 18.7 Å². The number of halogens is 1. The third-order valence-corrected chi connectivity index (χ3v) is 4.38. The molecule has 0 fully saturated rings. The van der Waals surface area contributed by atoms with Gasteiger partial charge in [-0.25, -0.2) is 14.8 Å². The number of hydrogen-bond acceptors (Lipinski definition) is 5. The van der Waals surface area contributed by atoms with Crippen molar-refractivity contribution in [3.05, 3.63) is 56.3 Å². The van der Waals surface area contributed by atoms with Gasteiger partial charge in [0.15, 0.2) is 11.5 Å². The Morgan fingerprint density at radius 2 is 1.86 bits per heavy atom. The molecule has 0 radical (unpaired) electrons. The second kappa shape index (κ2) is 7.93. The van der Waals surface area contributed by atoms with Gasteiger partial charge in [-0.05, 0) is 45.0 Å². The van der Waals surface area contributed by atoms with E-state index in [0.29, 0.717) is 23.0 Å². The van der Waals surface area contributed by atoms with Gasteiger partial charge in [-0.15, -0.1) is 0 Å². The Balaban J connectivity index is 2.16. The molecule has 28 heavy (non-hydrogen) atoms. The van der Waals surface area contributed by atoms with E-state index < -0.39 is 17.2 Å². The predicted molar refractivity (Wildman–Crippen MR) is 107 cm³/mol. The summed E-state index contributed by atoms with van der Waals surface area (Å²) in [6.45, 7) is 5.31. The summed E-state index contributed by atoms with van der Waals surface area (Å²) >= 11 is 5.91. The van der Waals surface area contributed by atoms with Gasteiger partial charge in [0.05, 0.1) is 0 Å². The maximum atomic E-state index is 12.8. The van der Waals surface area contributed by atoms with Crippen molar-refractivity contribution in [2.24, 2.45) is 0 Å². The zero-order valence-electron chi connectivity index (χ0n) is 15.8. The van der Waals surface area contributed by atoms with E-state index in [1.807, 2.05) is 0 Å². The number of nitrogens with zero attached hydrogens (tertiary/aromatic N) is 4. The Kier molecular flexibility index (Phi) is 5.60. The van der Waals surface area contributed by atoms with Crippen molar-refractivity contribution in [1.82, 2.24) is 24.4 Å². The number of aryl methyl sites for hydroxylation is 1. The van der Waals surface area contributed by atoms with Crippen LogP contribution >= 0.6 is 11.6 Å². The summed E-state index contributed by atoms with van der Waals surface area (Å²) in [5.41, 5.74) is -0.231. The molecule has 0 saturated carbocycles. The molecule has 8 nitrogen and oxygen atoms in total. The standard InChI is InChI=1S/C19H20ClN5O3/c1-4-24-17-14(9-21-16(23-17)12-5-7-13(20)8-6-12)18(27)25(19(24)28)10-15(26)22-11(2)3/h5-9,11H,4,10H2,1-3H3,(H,22,26). The van der Waals surface area contributed by atoms with Crippen molar-refractivity contribution in [3.63, 3.8) is 0 Å². The largest absolute Gasteiger partial charge is 0.352 e. The van der Waals surface area contributed by atoms with Crippen LogP contribution in [0.2, 0.25) is 5.02 Å². The Labute approximate surface area is 165 Å². The summed E-state index contributed by atoms with van der Waals surface area (Å²) in [6, 6.07) is 6.85. The van der Waals surface area contributed by atoms with Crippen molar-refractivity contribution in [2.45, 2.75) is 39.9 Å². The van der Waals surface area contributed by atoms with Crippen LogP contribution in [0.25, 0.3) is 22.4 Å². The van der Waals surface area contributed by atoms with Crippen LogP contribution in [-0.4, -0.2) is 31.1 Å². The third kappa shape index (κ3) is 3.82. The first-order chi connectivity index (χ1) is 13.3. The van der Waals surface area contributed by atoms with Gasteiger partial charge < -0.3 is 5.32 Å². The minimum atomic E-state index is -0.591. The van der Waals surface area contributed by atoms with Crippen LogP contribution in [0.15, 0.2) is 40.1 Å². The molecule has 0 aliphatic rings. The first-order valence-corrected chi connectivity index (χ1v) is 9.25. The number of hydrogen-bond donors (Lipinski definition) is 1. The number of carbonyl (C=O) groups excluding carboxylic acids is 1. The van der Waals surface area contributed by atoms with Crippen LogP contribution in [0.3, 0.4) is 0 Å². The van der Waals surface area contributed by atoms with Gasteiger partial charge in [0.1, 0.15) is 11.9 Å². The van der Waals surface area contributed by atoms with Crippen LogP contribution in [0.4, 0.5) is 0 Å². The van der Waals surface area contributed by atoms with E-state index in [9.17, 15) is 14.4 Å². The van der Waals surface area contributed by atoms with Crippen LogP contribution in [-0.2, 0) is 17.9 Å². The summed E-state index contributed by atoms with van der Waals surface area (Å²) in [6.07, 6.45) is 1.39. The molecule has 146 valence electrons.